The molecule has 8 heteroatoms. The molecule has 2 aliphatic heterocycles. The van der Waals surface area contributed by atoms with Gasteiger partial charge in [0.25, 0.3) is 0 Å². The number of halogens is 1. The summed E-state index contributed by atoms with van der Waals surface area (Å²) in [6, 6.07) is 6.55. The number of fused-ring (bicyclic) bond motifs is 1. The first-order valence-electron chi connectivity index (χ1n) is 11.7. The molecule has 4 rings (SSSR count). The van der Waals surface area contributed by atoms with Gasteiger partial charge in [0, 0.05) is 61.4 Å². The van der Waals surface area contributed by atoms with Crippen molar-refractivity contribution in [2.75, 3.05) is 44.6 Å². The van der Waals surface area contributed by atoms with Crippen molar-refractivity contribution in [1.29, 1.82) is 0 Å². The second kappa shape index (κ2) is 10.0. The Labute approximate surface area is 188 Å². The van der Waals surface area contributed by atoms with E-state index in [9.17, 15) is 9.59 Å². The molecule has 2 saturated heterocycles. The highest BCUT2D eigenvalue weighted by Crippen LogP contribution is 2.33. The summed E-state index contributed by atoms with van der Waals surface area (Å²) in [7, 11) is 0. The zero-order chi connectivity index (χ0) is 22.6. The second-order valence-corrected chi connectivity index (χ2v) is 9.17. The van der Waals surface area contributed by atoms with E-state index in [-0.39, 0.29) is 12.3 Å². The van der Waals surface area contributed by atoms with Gasteiger partial charge in [-0.25, -0.2) is 4.39 Å². The summed E-state index contributed by atoms with van der Waals surface area (Å²) < 4.78 is 17.4. The van der Waals surface area contributed by atoms with Gasteiger partial charge >= 0.3 is 0 Å². The third-order valence-electron chi connectivity index (χ3n) is 6.98. The second-order valence-electron chi connectivity index (χ2n) is 9.17. The van der Waals surface area contributed by atoms with Crippen molar-refractivity contribution in [3.63, 3.8) is 0 Å². The van der Waals surface area contributed by atoms with E-state index < -0.39 is 5.67 Å². The van der Waals surface area contributed by atoms with Gasteiger partial charge < -0.3 is 25.4 Å². The van der Waals surface area contributed by atoms with Gasteiger partial charge in [-0.3, -0.25) is 9.59 Å². The number of nitrogens with zero attached hydrogens (tertiary/aromatic N) is 2. The van der Waals surface area contributed by atoms with Crippen molar-refractivity contribution in [2.24, 2.45) is 0 Å². The predicted molar refractivity (Wildman–Crippen MR) is 125 cm³/mol. The lowest BCUT2D eigenvalue weighted by Crippen LogP contribution is -2.48. The highest BCUT2D eigenvalue weighted by atomic mass is 19.1. The average Bonchev–Trinajstić information content (AvgIpc) is 3.21. The molecule has 2 fully saturated rings. The smallest absolute Gasteiger partial charge is 0.226 e. The highest BCUT2D eigenvalue weighted by molar-refractivity contribution is 5.96. The first-order chi connectivity index (χ1) is 15.5. The minimum absolute atomic E-state index is 0.118. The first-order valence-corrected chi connectivity index (χ1v) is 11.7. The van der Waals surface area contributed by atoms with Crippen molar-refractivity contribution in [2.45, 2.75) is 50.7 Å². The minimum atomic E-state index is -1.04. The van der Waals surface area contributed by atoms with Gasteiger partial charge in [-0.15, -0.1) is 0 Å². The number of rotatable bonds is 8. The Hall–Kier alpha value is -2.45. The van der Waals surface area contributed by atoms with Crippen molar-refractivity contribution < 1.29 is 14.0 Å². The van der Waals surface area contributed by atoms with Crippen LogP contribution in [0, 0.1) is 6.92 Å². The van der Waals surface area contributed by atoms with Crippen LogP contribution in [0.5, 0.6) is 0 Å². The molecule has 0 spiro atoms. The van der Waals surface area contributed by atoms with Gasteiger partial charge in [-0.05, 0) is 69.5 Å². The zero-order valence-corrected chi connectivity index (χ0v) is 18.8. The third kappa shape index (κ3) is 5.13. The SMILES string of the molecule is Cc1c(NC(=O)CCNC=O)ccc2c1ccn2C1CCN(CC2(F)CCNCC2)CC1. The summed E-state index contributed by atoms with van der Waals surface area (Å²) in [5, 5.41) is 9.83. The zero-order valence-electron chi connectivity index (χ0n) is 18.8. The predicted octanol–water partition coefficient (Wildman–Crippen LogP) is 2.75. The highest BCUT2D eigenvalue weighted by Gasteiger charge is 2.35. The summed E-state index contributed by atoms with van der Waals surface area (Å²) in [5.74, 6) is -0.118. The number of likely N-dealkylation sites (tertiary alicyclic amines) is 1. The largest absolute Gasteiger partial charge is 0.358 e. The summed E-state index contributed by atoms with van der Waals surface area (Å²) in [5.41, 5.74) is 1.97. The van der Waals surface area contributed by atoms with Crippen molar-refractivity contribution in [3.8, 4) is 0 Å². The molecule has 0 saturated carbocycles. The summed E-state index contributed by atoms with van der Waals surface area (Å²) in [4.78, 5) is 24.7. The molecule has 0 bridgehead atoms. The number of piperidine rings is 2. The molecule has 2 aromatic rings. The van der Waals surface area contributed by atoms with Gasteiger partial charge in [0.1, 0.15) is 5.67 Å². The van der Waals surface area contributed by atoms with E-state index in [1.807, 2.05) is 13.0 Å². The van der Waals surface area contributed by atoms with Gasteiger partial charge in [-0.2, -0.15) is 0 Å². The van der Waals surface area contributed by atoms with Crippen LogP contribution < -0.4 is 16.0 Å². The van der Waals surface area contributed by atoms with E-state index in [1.165, 1.54) is 5.52 Å². The molecule has 0 radical (unpaired) electrons. The Morgan fingerprint density at radius 2 is 2.00 bits per heavy atom. The third-order valence-corrected chi connectivity index (χ3v) is 6.98. The fourth-order valence-corrected chi connectivity index (χ4v) is 5.09. The van der Waals surface area contributed by atoms with Crippen LogP contribution in [0.25, 0.3) is 10.9 Å². The normalized spacial score (nSPS) is 19.7. The van der Waals surface area contributed by atoms with Crippen molar-refractivity contribution in [3.05, 3.63) is 30.0 Å². The maximum Gasteiger partial charge on any atom is 0.226 e. The fourth-order valence-electron chi connectivity index (χ4n) is 5.09. The van der Waals surface area contributed by atoms with Crippen LogP contribution in [0.4, 0.5) is 10.1 Å². The first kappa shape index (κ1) is 22.7. The molecule has 2 amide bonds. The van der Waals surface area contributed by atoms with Crippen LogP contribution in [0.1, 0.15) is 43.7 Å². The van der Waals surface area contributed by atoms with Gasteiger partial charge in [0.15, 0.2) is 0 Å². The number of nitrogens with one attached hydrogen (secondary N) is 3. The number of carbonyl (C=O) groups is 2. The lowest BCUT2D eigenvalue weighted by molar-refractivity contribution is -0.116. The van der Waals surface area contributed by atoms with Gasteiger partial charge in [0.2, 0.25) is 12.3 Å². The Morgan fingerprint density at radius 3 is 2.72 bits per heavy atom. The van der Waals surface area contributed by atoms with E-state index >= 15 is 4.39 Å². The molecule has 0 unspecified atom stereocenters. The molecular formula is C24H34FN5O2. The number of aromatic nitrogens is 1. The van der Waals surface area contributed by atoms with Crippen LogP contribution in [0.3, 0.4) is 0 Å². The van der Waals surface area contributed by atoms with E-state index in [0.717, 1.165) is 55.7 Å². The molecule has 3 heterocycles. The van der Waals surface area contributed by atoms with Gasteiger partial charge in [0.05, 0.1) is 0 Å². The Balaban J connectivity index is 1.38. The topological polar surface area (TPSA) is 78.4 Å². The molecule has 7 nitrogen and oxygen atoms in total. The van der Waals surface area contributed by atoms with Crippen LogP contribution in [-0.2, 0) is 9.59 Å². The number of hydrogen-bond acceptors (Lipinski definition) is 4. The number of benzene rings is 1. The van der Waals surface area contributed by atoms with E-state index in [4.69, 9.17) is 0 Å². The van der Waals surface area contributed by atoms with Crippen LogP contribution >= 0.6 is 0 Å². The summed E-state index contributed by atoms with van der Waals surface area (Å²) >= 11 is 0. The van der Waals surface area contributed by atoms with E-state index in [1.54, 1.807) is 0 Å². The number of hydrogen-bond donors (Lipinski definition) is 3. The van der Waals surface area contributed by atoms with E-state index in [2.05, 4.69) is 43.7 Å². The number of amides is 2. The molecule has 174 valence electrons. The van der Waals surface area contributed by atoms with E-state index in [0.29, 0.717) is 38.4 Å². The maximum atomic E-state index is 15.1. The van der Waals surface area contributed by atoms with Crippen molar-refractivity contribution >= 4 is 28.9 Å². The lowest BCUT2D eigenvalue weighted by Gasteiger charge is -2.39. The van der Waals surface area contributed by atoms with Crippen LogP contribution in [0.15, 0.2) is 24.4 Å². The molecule has 1 aromatic carbocycles. The number of aryl methyl sites for hydroxylation is 1. The maximum absolute atomic E-state index is 15.1. The summed E-state index contributed by atoms with van der Waals surface area (Å²) in [6.07, 6.45) is 6.23. The molecule has 2 aliphatic rings. The van der Waals surface area contributed by atoms with Gasteiger partial charge in [-0.1, -0.05) is 0 Å². The Morgan fingerprint density at radius 1 is 1.25 bits per heavy atom. The molecule has 1 aromatic heterocycles. The summed E-state index contributed by atoms with van der Waals surface area (Å²) in [6.45, 7) is 6.30. The number of anilines is 1. The molecule has 0 aliphatic carbocycles. The number of alkyl halides is 1. The van der Waals surface area contributed by atoms with Crippen LogP contribution in [0.2, 0.25) is 0 Å². The average molecular weight is 444 g/mol. The fraction of sp³-hybridized carbons (Fsp3) is 0.583. The Bertz CT molecular complexity index is 945. The molecular weight excluding hydrogens is 409 g/mol. The Kier molecular flexibility index (Phi) is 7.10. The monoisotopic (exact) mass is 443 g/mol. The van der Waals surface area contributed by atoms with Crippen LogP contribution in [-0.4, -0.2) is 66.7 Å². The minimum Gasteiger partial charge on any atom is -0.358 e. The number of carbonyl (C=O) groups excluding carboxylic acids is 2. The molecule has 32 heavy (non-hydrogen) atoms. The lowest BCUT2D eigenvalue weighted by atomic mass is 9.92. The molecule has 3 N–H and O–H groups in total. The van der Waals surface area contributed by atoms with Crippen molar-refractivity contribution in [1.82, 2.24) is 20.1 Å². The standard InChI is InChI=1S/C24H34FN5O2/c1-18-20-7-15-30(22(20)3-2-21(18)28-23(32)4-10-27-17-31)19-5-13-29(14-6-19)16-24(25)8-11-26-12-9-24/h2-3,7,15,17,19,26H,4-6,8-14,16H2,1H3,(H,27,31)(H,28,32). The molecule has 0 atom stereocenters. The quantitative estimate of drug-likeness (QED) is 0.433.